The van der Waals surface area contributed by atoms with E-state index in [1.54, 1.807) is 0 Å². The van der Waals surface area contributed by atoms with Crippen molar-refractivity contribution in [2.75, 3.05) is 13.2 Å². The number of hydrogen-bond acceptors (Lipinski definition) is 2. The normalized spacial score (nSPS) is 43.7. The molecule has 2 nitrogen and oxygen atoms in total. The second kappa shape index (κ2) is 1.96. The summed E-state index contributed by atoms with van der Waals surface area (Å²) in [6.07, 6.45) is 3.06. The second-order valence-electron chi connectivity index (χ2n) is 2.99. The molecule has 2 heterocycles. The zero-order chi connectivity index (χ0) is 6.27. The standard InChI is InChI=1S/C7H13NO/c1-6-2-3-7-8(6)4-5-9-7/h6-7H,2-5H2,1H3. The van der Waals surface area contributed by atoms with Gasteiger partial charge in [0.25, 0.3) is 0 Å². The largest absolute Gasteiger partial charge is 0.362 e. The van der Waals surface area contributed by atoms with E-state index in [0.717, 1.165) is 19.2 Å². The van der Waals surface area contributed by atoms with Crippen LogP contribution in [0.4, 0.5) is 0 Å². The summed E-state index contributed by atoms with van der Waals surface area (Å²) >= 11 is 0. The third kappa shape index (κ3) is 0.775. The molecular weight excluding hydrogens is 114 g/mol. The quantitative estimate of drug-likeness (QED) is 0.478. The van der Waals surface area contributed by atoms with E-state index < -0.39 is 0 Å². The van der Waals surface area contributed by atoms with E-state index in [1.807, 2.05) is 0 Å². The number of rotatable bonds is 0. The maximum Gasteiger partial charge on any atom is 0.111 e. The molecule has 0 N–H and O–H groups in total. The van der Waals surface area contributed by atoms with E-state index in [-0.39, 0.29) is 0 Å². The van der Waals surface area contributed by atoms with Gasteiger partial charge in [-0.15, -0.1) is 0 Å². The fourth-order valence-corrected chi connectivity index (χ4v) is 1.84. The molecule has 2 fully saturated rings. The van der Waals surface area contributed by atoms with Crippen molar-refractivity contribution in [1.82, 2.24) is 4.90 Å². The highest BCUT2D eigenvalue weighted by atomic mass is 16.5. The predicted octanol–water partition coefficient (Wildman–Crippen LogP) is 0.827. The number of ether oxygens (including phenoxy) is 1. The van der Waals surface area contributed by atoms with Gasteiger partial charge in [-0.25, -0.2) is 0 Å². The predicted molar refractivity (Wildman–Crippen MR) is 35.1 cm³/mol. The van der Waals surface area contributed by atoms with E-state index in [4.69, 9.17) is 4.74 Å². The maximum absolute atomic E-state index is 5.47. The van der Waals surface area contributed by atoms with Gasteiger partial charge < -0.3 is 4.74 Å². The van der Waals surface area contributed by atoms with Gasteiger partial charge in [0.05, 0.1) is 6.61 Å². The van der Waals surface area contributed by atoms with Gasteiger partial charge in [0.15, 0.2) is 0 Å². The van der Waals surface area contributed by atoms with Crippen LogP contribution in [0.15, 0.2) is 0 Å². The minimum atomic E-state index is 0.486. The lowest BCUT2D eigenvalue weighted by Crippen LogP contribution is -2.29. The lowest BCUT2D eigenvalue weighted by atomic mass is 10.2. The van der Waals surface area contributed by atoms with E-state index in [0.29, 0.717) is 6.23 Å². The van der Waals surface area contributed by atoms with Gasteiger partial charge in [-0.05, 0) is 19.8 Å². The molecule has 2 unspecified atom stereocenters. The molecule has 0 amide bonds. The second-order valence-corrected chi connectivity index (χ2v) is 2.99. The molecule has 2 atom stereocenters. The van der Waals surface area contributed by atoms with E-state index in [2.05, 4.69) is 11.8 Å². The molecule has 2 aliphatic rings. The van der Waals surface area contributed by atoms with Gasteiger partial charge in [0, 0.05) is 12.6 Å². The van der Waals surface area contributed by atoms with Gasteiger partial charge in [-0.3, -0.25) is 4.90 Å². The fraction of sp³-hybridized carbons (Fsp3) is 1.00. The zero-order valence-electron chi connectivity index (χ0n) is 5.84. The van der Waals surface area contributed by atoms with Gasteiger partial charge in [0.2, 0.25) is 0 Å². The number of fused-ring (bicyclic) bond motifs is 1. The first-order chi connectivity index (χ1) is 4.38. The number of nitrogens with zero attached hydrogens (tertiary/aromatic N) is 1. The van der Waals surface area contributed by atoms with Crippen LogP contribution in [0, 0.1) is 0 Å². The summed E-state index contributed by atoms with van der Waals surface area (Å²) in [7, 11) is 0. The Kier molecular flexibility index (Phi) is 1.24. The molecule has 0 aliphatic carbocycles. The molecule has 52 valence electrons. The average molecular weight is 127 g/mol. The SMILES string of the molecule is CC1CCC2OCCN12. The van der Waals surface area contributed by atoms with Crippen LogP contribution in [0.25, 0.3) is 0 Å². The van der Waals surface area contributed by atoms with E-state index >= 15 is 0 Å². The molecule has 0 aromatic rings. The van der Waals surface area contributed by atoms with Crippen molar-refractivity contribution in [3.8, 4) is 0 Å². The van der Waals surface area contributed by atoms with Crippen LogP contribution in [0.1, 0.15) is 19.8 Å². The summed E-state index contributed by atoms with van der Waals surface area (Å²) in [6.45, 7) is 4.40. The van der Waals surface area contributed by atoms with Crippen LogP contribution in [0.2, 0.25) is 0 Å². The van der Waals surface area contributed by atoms with Crippen LogP contribution in [0.5, 0.6) is 0 Å². The minimum Gasteiger partial charge on any atom is -0.362 e. The third-order valence-electron chi connectivity index (χ3n) is 2.43. The van der Waals surface area contributed by atoms with Gasteiger partial charge in [-0.1, -0.05) is 0 Å². The average Bonchev–Trinajstić information content (AvgIpc) is 2.35. The molecule has 2 rings (SSSR count). The molecule has 2 heteroatoms. The summed E-state index contributed by atoms with van der Waals surface area (Å²) < 4.78 is 5.47. The molecule has 2 aliphatic heterocycles. The first-order valence-corrected chi connectivity index (χ1v) is 3.75. The summed E-state index contributed by atoms with van der Waals surface area (Å²) in [5.74, 6) is 0. The molecule has 0 aromatic carbocycles. The Morgan fingerprint density at radius 2 is 2.33 bits per heavy atom. The van der Waals surface area contributed by atoms with Crippen LogP contribution in [-0.4, -0.2) is 30.3 Å². The van der Waals surface area contributed by atoms with Crippen LogP contribution in [0.3, 0.4) is 0 Å². The summed E-state index contributed by atoms with van der Waals surface area (Å²) in [6, 6.07) is 0.775. The highest BCUT2D eigenvalue weighted by molar-refractivity contribution is 4.82. The minimum absolute atomic E-state index is 0.486. The Hall–Kier alpha value is -0.0800. The molecule has 0 spiro atoms. The van der Waals surface area contributed by atoms with Gasteiger partial charge in [0.1, 0.15) is 6.23 Å². The van der Waals surface area contributed by atoms with E-state index in [9.17, 15) is 0 Å². The molecule has 0 bridgehead atoms. The molecule has 0 aromatic heterocycles. The zero-order valence-corrected chi connectivity index (χ0v) is 5.84. The Labute approximate surface area is 55.8 Å². The van der Waals surface area contributed by atoms with Crippen molar-refractivity contribution in [3.05, 3.63) is 0 Å². The molecule has 0 saturated carbocycles. The Balaban J connectivity index is 2.07. The van der Waals surface area contributed by atoms with Crippen molar-refractivity contribution < 1.29 is 4.74 Å². The highest BCUT2D eigenvalue weighted by Gasteiger charge is 2.34. The van der Waals surface area contributed by atoms with E-state index in [1.165, 1.54) is 12.8 Å². The molecule has 2 saturated heterocycles. The van der Waals surface area contributed by atoms with Crippen molar-refractivity contribution >= 4 is 0 Å². The fourth-order valence-electron chi connectivity index (χ4n) is 1.84. The Morgan fingerprint density at radius 1 is 1.44 bits per heavy atom. The lowest BCUT2D eigenvalue weighted by Gasteiger charge is -2.17. The topological polar surface area (TPSA) is 12.5 Å². The first-order valence-electron chi connectivity index (χ1n) is 3.75. The van der Waals surface area contributed by atoms with Crippen LogP contribution < -0.4 is 0 Å². The monoisotopic (exact) mass is 127 g/mol. The van der Waals surface area contributed by atoms with Crippen molar-refractivity contribution in [2.24, 2.45) is 0 Å². The first kappa shape index (κ1) is 5.69. The summed E-state index contributed by atoms with van der Waals surface area (Å²) in [4.78, 5) is 2.46. The molecule has 9 heavy (non-hydrogen) atoms. The van der Waals surface area contributed by atoms with Crippen LogP contribution >= 0.6 is 0 Å². The highest BCUT2D eigenvalue weighted by Crippen LogP contribution is 2.27. The van der Waals surface area contributed by atoms with Gasteiger partial charge >= 0.3 is 0 Å². The molecular formula is C7H13NO. The Bertz CT molecular complexity index is 115. The van der Waals surface area contributed by atoms with Crippen molar-refractivity contribution in [2.45, 2.75) is 32.0 Å². The maximum atomic E-state index is 5.47. The van der Waals surface area contributed by atoms with Crippen molar-refractivity contribution in [3.63, 3.8) is 0 Å². The summed E-state index contributed by atoms with van der Waals surface area (Å²) in [5.41, 5.74) is 0. The van der Waals surface area contributed by atoms with Crippen molar-refractivity contribution in [1.29, 1.82) is 0 Å². The van der Waals surface area contributed by atoms with Crippen LogP contribution in [-0.2, 0) is 4.74 Å². The smallest absolute Gasteiger partial charge is 0.111 e. The molecule has 0 radical (unpaired) electrons. The van der Waals surface area contributed by atoms with Gasteiger partial charge in [-0.2, -0.15) is 0 Å². The summed E-state index contributed by atoms with van der Waals surface area (Å²) in [5, 5.41) is 0. The number of hydrogen-bond donors (Lipinski definition) is 0. The third-order valence-corrected chi connectivity index (χ3v) is 2.43. The lowest BCUT2D eigenvalue weighted by molar-refractivity contribution is 0.0515. The Morgan fingerprint density at radius 3 is 3.11 bits per heavy atom.